The van der Waals surface area contributed by atoms with E-state index in [4.69, 9.17) is 21.1 Å². The number of benzene rings is 1. The molecule has 0 radical (unpaired) electrons. The molecule has 0 aromatic heterocycles. The largest absolute Gasteiger partial charge is 0.493 e. The molecular weight excluding hydrogens is 312 g/mol. The van der Waals surface area contributed by atoms with E-state index in [0.717, 1.165) is 0 Å². The van der Waals surface area contributed by atoms with Gasteiger partial charge < -0.3 is 9.47 Å². The minimum absolute atomic E-state index is 0.207. The molecule has 1 heterocycles. The van der Waals surface area contributed by atoms with Crippen LogP contribution in [0.4, 0.5) is 4.79 Å². The van der Waals surface area contributed by atoms with Crippen molar-refractivity contribution in [3.8, 4) is 11.5 Å². The van der Waals surface area contributed by atoms with Crippen LogP contribution >= 0.6 is 11.6 Å². The molecule has 0 aliphatic carbocycles. The number of ether oxygens (including phenoxy) is 2. The molecule has 4 amide bonds. The molecule has 1 aromatic carbocycles. The maximum atomic E-state index is 11.7. The highest BCUT2D eigenvalue weighted by molar-refractivity contribution is 6.33. The Morgan fingerprint density at radius 3 is 2.36 bits per heavy atom. The highest BCUT2D eigenvalue weighted by Gasteiger charge is 2.27. The van der Waals surface area contributed by atoms with E-state index in [1.54, 1.807) is 13.0 Å². The SMILES string of the molecule is CCOc1c(Cl)cc(C=C2C(=O)NC(=O)NC2=O)cc1OC. The Bertz CT molecular complexity index is 662. The second-order valence-corrected chi connectivity index (χ2v) is 4.67. The quantitative estimate of drug-likeness (QED) is 0.646. The first-order valence-corrected chi connectivity index (χ1v) is 6.72. The van der Waals surface area contributed by atoms with Gasteiger partial charge in [0.05, 0.1) is 18.7 Å². The Morgan fingerprint density at radius 2 is 1.82 bits per heavy atom. The monoisotopic (exact) mass is 324 g/mol. The molecule has 1 aliphatic heterocycles. The van der Waals surface area contributed by atoms with Gasteiger partial charge in [0.2, 0.25) is 0 Å². The van der Waals surface area contributed by atoms with Crippen LogP contribution in [-0.2, 0) is 9.59 Å². The maximum Gasteiger partial charge on any atom is 0.328 e. The lowest BCUT2D eigenvalue weighted by Crippen LogP contribution is -2.51. The van der Waals surface area contributed by atoms with Gasteiger partial charge in [-0.25, -0.2) is 4.79 Å². The normalized spacial score (nSPS) is 14.3. The average molecular weight is 325 g/mol. The summed E-state index contributed by atoms with van der Waals surface area (Å²) in [5, 5.41) is 4.25. The summed E-state index contributed by atoms with van der Waals surface area (Å²) in [6.45, 7) is 2.21. The number of imide groups is 2. The third-order valence-electron chi connectivity index (χ3n) is 2.79. The molecule has 1 fully saturated rings. The van der Waals surface area contributed by atoms with Gasteiger partial charge in [0.15, 0.2) is 11.5 Å². The summed E-state index contributed by atoms with van der Waals surface area (Å²) in [5.41, 5.74) is 0.252. The van der Waals surface area contributed by atoms with Crippen molar-refractivity contribution in [2.45, 2.75) is 6.92 Å². The maximum absolute atomic E-state index is 11.7. The summed E-state index contributed by atoms with van der Waals surface area (Å²) in [7, 11) is 1.45. The van der Waals surface area contributed by atoms with Crippen LogP contribution < -0.4 is 20.1 Å². The molecule has 116 valence electrons. The highest BCUT2D eigenvalue weighted by Crippen LogP contribution is 2.37. The molecular formula is C14H13ClN2O5. The van der Waals surface area contributed by atoms with Crippen LogP contribution in [-0.4, -0.2) is 31.6 Å². The van der Waals surface area contributed by atoms with E-state index in [1.807, 2.05) is 10.6 Å². The summed E-state index contributed by atoms with van der Waals surface area (Å²) in [4.78, 5) is 34.4. The van der Waals surface area contributed by atoms with E-state index >= 15 is 0 Å². The van der Waals surface area contributed by atoms with E-state index in [0.29, 0.717) is 23.7 Å². The first-order chi connectivity index (χ1) is 10.5. The smallest absolute Gasteiger partial charge is 0.328 e. The van der Waals surface area contributed by atoms with Gasteiger partial charge in [-0.3, -0.25) is 20.2 Å². The topological polar surface area (TPSA) is 93.7 Å². The Hall–Kier alpha value is -2.54. The zero-order chi connectivity index (χ0) is 16.3. The number of halogens is 1. The lowest BCUT2D eigenvalue weighted by molar-refractivity contribution is -0.123. The fourth-order valence-electron chi connectivity index (χ4n) is 1.88. The van der Waals surface area contributed by atoms with Gasteiger partial charge in [-0.2, -0.15) is 0 Å². The number of carbonyl (C=O) groups excluding carboxylic acids is 3. The van der Waals surface area contributed by atoms with Crippen LogP contribution in [0.15, 0.2) is 17.7 Å². The van der Waals surface area contributed by atoms with Gasteiger partial charge in [-0.1, -0.05) is 11.6 Å². The van der Waals surface area contributed by atoms with Crippen molar-refractivity contribution in [2.24, 2.45) is 0 Å². The van der Waals surface area contributed by atoms with Crippen molar-refractivity contribution in [1.82, 2.24) is 10.6 Å². The van der Waals surface area contributed by atoms with Crippen LogP contribution in [0.5, 0.6) is 11.5 Å². The van der Waals surface area contributed by atoms with Gasteiger partial charge in [0.1, 0.15) is 5.57 Å². The van der Waals surface area contributed by atoms with E-state index in [-0.39, 0.29) is 10.6 Å². The van der Waals surface area contributed by atoms with Crippen LogP contribution in [0.1, 0.15) is 12.5 Å². The standard InChI is InChI=1S/C14H13ClN2O5/c1-3-22-11-9(15)5-7(6-10(11)21-2)4-8-12(18)16-14(20)17-13(8)19/h4-6H,3H2,1-2H3,(H2,16,17,18,19,20). The number of nitrogens with one attached hydrogen (secondary N) is 2. The molecule has 2 N–H and O–H groups in total. The molecule has 1 aromatic rings. The molecule has 0 spiro atoms. The Morgan fingerprint density at radius 1 is 1.18 bits per heavy atom. The second-order valence-electron chi connectivity index (χ2n) is 4.26. The Labute approximate surface area is 131 Å². The lowest BCUT2D eigenvalue weighted by Gasteiger charge is -2.15. The molecule has 0 unspecified atom stereocenters. The third kappa shape index (κ3) is 3.20. The molecule has 0 atom stereocenters. The first kappa shape index (κ1) is 15.8. The molecule has 0 saturated carbocycles. The van der Waals surface area contributed by atoms with Gasteiger partial charge in [-0.15, -0.1) is 0 Å². The average Bonchev–Trinajstić information content (AvgIpc) is 2.45. The lowest BCUT2D eigenvalue weighted by atomic mass is 10.1. The van der Waals surface area contributed by atoms with Crippen LogP contribution in [0, 0.1) is 0 Å². The number of rotatable bonds is 4. The van der Waals surface area contributed by atoms with Gasteiger partial charge in [-0.05, 0) is 30.7 Å². The fraction of sp³-hybridized carbons (Fsp3) is 0.214. The van der Waals surface area contributed by atoms with Crippen molar-refractivity contribution in [1.29, 1.82) is 0 Å². The molecule has 0 bridgehead atoms. The van der Waals surface area contributed by atoms with Gasteiger partial charge >= 0.3 is 6.03 Å². The molecule has 1 aliphatic rings. The highest BCUT2D eigenvalue weighted by atomic mass is 35.5. The molecule has 22 heavy (non-hydrogen) atoms. The summed E-state index contributed by atoms with van der Waals surface area (Å²) < 4.78 is 10.6. The van der Waals surface area contributed by atoms with E-state index in [2.05, 4.69) is 0 Å². The fourth-order valence-corrected chi connectivity index (χ4v) is 2.15. The van der Waals surface area contributed by atoms with Crippen molar-refractivity contribution in [3.05, 3.63) is 28.3 Å². The van der Waals surface area contributed by atoms with Gasteiger partial charge in [0, 0.05) is 0 Å². The summed E-state index contributed by atoms with van der Waals surface area (Å²) >= 11 is 6.12. The van der Waals surface area contributed by atoms with Crippen molar-refractivity contribution >= 4 is 35.5 Å². The van der Waals surface area contributed by atoms with Crippen LogP contribution in [0.25, 0.3) is 6.08 Å². The van der Waals surface area contributed by atoms with Crippen molar-refractivity contribution < 1.29 is 23.9 Å². The number of hydrogen-bond donors (Lipinski definition) is 2. The summed E-state index contributed by atoms with van der Waals surface area (Å²) in [5.74, 6) is -0.814. The predicted molar refractivity (Wildman–Crippen MR) is 78.8 cm³/mol. The summed E-state index contributed by atoms with van der Waals surface area (Å²) in [6.07, 6.45) is 1.31. The number of hydrogen-bond acceptors (Lipinski definition) is 5. The van der Waals surface area contributed by atoms with Crippen molar-refractivity contribution in [3.63, 3.8) is 0 Å². The van der Waals surface area contributed by atoms with Crippen LogP contribution in [0.2, 0.25) is 5.02 Å². The molecule has 7 nitrogen and oxygen atoms in total. The number of urea groups is 1. The van der Waals surface area contributed by atoms with Crippen molar-refractivity contribution in [2.75, 3.05) is 13.7 Å². The van der Waals surface area contributed by atoms with Gasteiger partial charge in [0.25, 0.3) is 11.8 Å². The minimum atomic E-state index is -0.852. The van der Waals surface area contributed by atoms with Crippen LogP contribution in [0.3, 0.4) is 0 Å². The van der Waals surface area contributed by atoms with E-state index in [1.165, 1.54) is 19.3 Å². The zero-order valence-electron chi connectivity index (χ0n) is 11.9. The minimum Gasteiger partial charge on any atom is -0.493 e. The van der Waals surface area contributed by atoms with E-state index in [9.17, 15) is 14.4 Å². The Kier molecular flexibility index (Phi) is 4.67. The number of methoxy groups -OCH3 is 1. The molecule has 8 heteroatoms. The first-order valence-electron chi connectivity index (χ1n) is 6.35. The zero-order valence-corrected chi connectivity index (χ0v) is 12.6. The number of barbiturate groups is 1. The number of carbonyl (C=O) groups is 3. The number of amides is 4. The third-order valence-corrected chi connectivity index (χ3v) is 3.08. The molecule has 2 rings (SSSR count). The Balaban J connectivity index is 2.43. The predicted octanol–water partition coefficient (Wildman–Crippen LogP) is 1.50. The summed E-state index contributed by atoms with van der Waals surface area (Å²) in [6, 6.07) is 2.24. The second kappa shape index (κ2) is 6.48. The molecule has 1 saturated heterocycles. The van der Waals surface area contributed by atoms with E-state index < -0.39 is 17.8 Å².